The second-order valence-corrected chi connectivity index (χ2v) is 4.87. The van der Waals surface area contributed by atoms with Gasteiger partial charge in [-0.3, -0.25) is 0 Å². The van der Waals surface area contributed by atoms with E-state index in [4.69, 9.17) is 0 Å². The van der Waals surface area contributed by atoms with Gasteiger partial charge in [0.25, 0.3) is 0 Å². The Bertz CT molecular complexity index is 801. The minimum absolute atomic E-state index is 0.275. The Balaban J connectivity index is 1.93. The third-order valence-electron chi connectivity index (χ3n) is 2.83. The second-order valence-electron chi connectivity index (χ2n) is 4.31. The highest BCUT2D eigenvalue weighted by Crippen LogP contribution is 2.25. The molecule has 0 aliphatic heterocycles. The van der Waals surface area contributed by atoms with Gasteiger partial charge >= 0.3 is 6.36 Å². The molecule has 0 atom stereocenters. The predicted octanol–water partition coefficient (Wildman–Crippen LogP) is 3.58. The molecule has 0 N–H and O–H groups in total. The lowest BCUT2D eigenvalue weighted by Crippen LogP contribution is -2.16. The average molecular weight is 373 g/mol. The third kappa shape index (κ3) is 3.03. The van der Waals surface area contributed by atoms with E-state index in [1.165, 1.54) is 24.3 Å². The van der Waals surface area contributed by atoms with Gasteiger partial charge in [-0.05, 0) is 36.4 Å². The molecule has 0 saturated heterocycles. The number of hydrogen-bond acceptors (Lipinski definition) is 4. The lowest BCUT2D eigenvalue weighted by molar-refractivity contribution is -0.274. The van der Waals surface area contributed by atoms with Crippen LogP contribution in [0.1, 0.15) is 5.82 Å². The molecule has 0 amide bonds. The van der Waals surface area contributed by atoms with Gasteiger partial charge in [-0.25, -0.2) is 0 Å². The topological polar surface area (TPSA) is 52.3 Å². The molecular weight excluding hydrogens is 365 g/mol. The summed E-state index contributed by atoms with van der Waals surface area (Å²) in [5.41, 5.74) is 1.84. The van der Waals surface area contributed by atoms with Crippen molar-refractivity contribution < 1.29 is 17.9 Å². The predicted molar refractivity (Wildman–Crippen MR) is 75.5 cm³/mol. The van der Waals surface area contributed by atoms with Crippen LogP contribution in [0, 0.1) is 0 Å². The summed E-state index contributed by atoms with van der Waals surface area (Å²) in [6, 6.07) is 8.96. The fourth-order valence-corrected chi connectivity index (χ4v) is 2.25. The molecule has 9 heteroatoms. The first-order chi connectivity index (χ1) is 10.5. The zero-order valence-corrected chi connectivity index (χ0v) is 12.5. The smallest absolute Gasteiger partial charge is 0.406 e. The Labute approximate surface area is 130 Å². The van der Waals surface area contributed by atoms with E-state index in [0.29, 0.717) is 28.1 Å². The van der Waals surface area contributed by atoms with Gasteiger partial charge in [0.05, 0.1) is 11.0 Å². The van der Waals surface area contributed by atoms with Crippen LogP contribution in [0.25, 0.3) is 16.9 Å². The van der Waals surface area contributed by atoms with Gasteiger partial charge in [-0.15, -0.1) is 23.4 Å². The number of fused-ring (bicyclic) bond motifs is 1. The summed E-state index contributed by atoms with van der Waals surface area (Å²) in [6.45, 7) is 0. The highest BCUT2D eigenvalue weighted by atomic mass is 79.9. The zero-order valence-electron chi connectivity index (χ0n) is 10.9. The third-order valence-corrected chi connectivity index (χ3v) is 3.33. The van der Waals surface area contributed by atoms with Crippen LogP contribution in [-0.4, -0.2) is 26.2 Å². The fourth-order valence-electron chi connectivity index (χ4n) is 1.90. The molecule has 2 heterocycles. The highest BCUT2D eigenvalue weighted by molar-refractivity contribution is 9.08. The lowest BCUT2D eigenvalue weighted by Gasteiger charge is -2.09. The number of halogens is 4. The molecule has 3 aromatic rings. The first kappa shape index (κ1) is 14.8. The number of rotatable bonds is 3. The Kier molecular flexibility index (Phi) is 3.73. The van der Waals surface area contributed by atoms with Crippen molar-refractivity contribution >= 4 is 21.6 Å². The zero-order chi connectivity index (χ0) is 15.7. The van der Waals surface area contributed by atoms with Gasteiger partial charge in [0.1, 0.15) is 5.75 Å². The van der Waals surface area contributed by atoms with E-state index >= 15 is 0 Å². The van der Waals surface area contributed by atoms with Crippen LogP contribution in [0.2, 0.25) is 0 Å². The van der Waals surface area contributed by atoms with E-state index in [-0.39, 0.29) is 5.75 Å². The second kappa shape index (κ2) is 5.56. The maximum Gasteiger partial charge on any atom is 0.573 e. The number of aromatic nitrogens is 4. The summed E-state index contributed by atoms with van der Waals surface area (Å²) in [6.07, 6.45) is -4.70. The molecule has 0 saturated carbocycles. The average Bonchev–Trinajstić information content (AvgIpc) is 2.88. The van der Waals surface area contributed by atoms with Crippen molar-refractivity contribution in [3.8, 4) is 17.0 Å². The molecule has 0 spiro atoms. The summed E-state index contributed by atoms with van der Waals surface area (Å²) in [5, 5.41) is 12.8. The number of benzene rings is 1. The maximum absolute atomic E-state index is 12.1. The monoisotopic (exact) mass is 372 g/mol. The van der Waals surface area contributed by atoms with Crippen molar-refractivity contribution in [3.63, 3.8) is 0 Å². The molecule has 0 bridgehead atoms. The van der Waals surface area contributed by atoms with Gasteiger partial charge in [-0.2, -0.15) is 9.61 Å². The van der Waals surface area contributed by atoms with Crippen LogP contribution in [0.4, 0.5) is 13.2 Å². The first-order valence-electron chi connectivity index (χ1n) is 6.10. The summed E-state index contributed by atoms with van der Waals surface area (Å²) < 4.78 is 41.8. The molecule has 22 heavy (non-hydrogen) atoms. The standard InChI is InChI=1S/C13H8BrF3N4O/c14-7-12-19-18-11-6-5-10(20-21(11)12)8-1-3-9(4-2-8)22-13(15,16)17/h1-6H,7H2. The summed E-state index contributed by atoms with van der Waals surface area (Å²) >= 11 is 3.29. The molecule has 114 valence electrons. The van der Waals surface area contributed by atoms with Crippen molar-refractivity contribution in [1.82, 2.24) is 19.8 Å². The summed E-state index contributed by atoms with van der Waals surface area (Å²) in [7, 11) is 0. The van der Waals surface area contributed by atoms with Crippen LogP contribution in [0.3, 0.4) is 0 Å². The Morgan fingerprint density at radius 2 is 1.77 bits per heavy atom. The molecule has 3 rings (SSSR count). The number of hydrogen-bond donors (Lipinski definition) is 0. The lowest BCUT2D eigenvalue weighted by atomic mass is 10.1. The molecule has 1 aromatic carbocycles. The quantitative estimate of drug-likeness (QED) is 0.659. The fraction of sp³-hybridized carbons (Fsp3) is 0.154. The summed E-state index contributed by atoms with van der Waals surface area (Å²) in [4.78, 5) is 0. The highest BCUT2D eigenvalue weighted by Gasteiger charge is 2.30. The Morgan fingerprint density at radius 3 is 2.41 bits per heavy atom. The molecular formula is C13H8BrF3N4O. The maximum atomic E-state index is 12.1. The van der Waals surface area contributed by atoms with Crippen LogP contribution >= 0.6 is 15.9 Å². The molecule has 0 aliphatic carbocycles. The van der Waals surface area contributed by atoms with E-state index in [9.17, 15) is 13.2 Å². The number of alkyl halides is 4. The summed E-state index contributed by atoms with van der Waals surface area (Å²) in [5.74, 6) is 0.358. The van der Waals surface area contributed by atoms with Crippen molar-refractivity contribution in [2.24, 2.45) is 0 Å². The van der Waals surface area contributed by atoms with E-state index in [0.717, 1.165) is 0 Å². The Morgan fingerprint density at radius 1 is 1.05 bits per heavy atom. The van der Waals surface area contributed by atoms with E-state index in [1.54, 1.807) is 16.6 Å². The molecule has 0 unspecified atom stereocenters. The van der Waals surface area contributed by atoms with Gasteiger partial charge in [0, 0.05) is 5.56 Å². The normalized spacial score (nSPS) is 11.8. The van der Waals surface area contributed by atoms with Crippen LogP contribution in [0.15, 0.2) is 36.4 Å². The van der Waals surface area contributed by atoms with Crippen molar-refractivity contribution in [2.75, 3.05) is 0 Å². The molecule has 0 aliphatic rings. The van der Waals surface area contributed by atoms with E-state index < -0.39 is 6.36 Å². The van der Waals surface area contributed by atoms with Gasteiger partial charge < -0.3 is 4.74 Å². The number of nitrogens with zero attached hydrogens (tertiary/aromatic N) is 4. The van der Waals surface area contributed by atoms with Gasteiger partial charge in [0.15, 0.2) is 11.5 Å². The Hall–Kier alpha value is -2.16. The first-order valence-corrected chi connectivity index (χ1v) is 7.22. The van der Waals surface area contributed by atoms with Crippen molar-refractivity contribution in [1.29, 1.82) is 0 Å². The van der Waals surface area contributed by atoms with Gasteiger partial charge in [0.2, 0.25) is 0 Å². The van der Waals surface area contributed by atoms with E-state index in [1.807, 2.05) is 0 Å². The SMILES string of the molecule is FC(F)(F)Oc1ccc(-c2ccc3nnc(CBr)n3n2)cc1. The molecule has 0 radical (unpaired) electrons. The minimum Gasteiger partial charge on any atom is -0.406 e. The molecule has 2 aromatic heterocycles. The number of ether oxygens (including phenoxy) is 1. The van der Waals surface area contributed by atoms with Crippen LogP contribution < -0.4 is 4.74 Å². The van der Waals surface area contributed by atoms with Crippen molar-refractivity contribution in [2.45, 2.75) is 11.7 Å². The molecule has 0 fully saturated rings. The largest absolute Gasteiger partial charge is 0.573 e. The van der Waals surface area contributed by atoms with Crippen LogP contribution in [0.5, 0.6) is 5.75 Å². The van der Waals surface area contributed by atoms with Gasteiger partial charge in [-0.1, -0.05) is 15.9 Å². The molecule has 5 nitrogen and oxygen atoms in total. The van der Waals surface area contributed by atoms with Crippen LogP contribution in [-0.2, 0) is 5.33 Å². The van der Waals surface area contributed by atoms with E-state index in [2.05, 4.69) is 36.0 Å². The minimum atomic E-state index is -4.70. The van der Waals surface area contributed by atoms with Crippen molar-refractivity contribution in [3.05, 3.63) is 42.2 Å².